The lowest BCUT2D eigenvalue weighted by atomic mass is 10.1. The Bertz CT molecular complexity index is 800. The maximum absolute atomic E-state index is 12.0. The van der Waals surface area contributed by atoms with Crippen LogP contribution >= 0.6 is 22.9 Å². The van der Waals surface area contributed by atoms with E-state index in [4.69, 9.17) is 11.6 Å². The molecule has 0 unspecified atom stereocenters. The number of nitrogens with one attached hydrogen (secondary N) is 1. The van der Waals surface area contributed by atoms with E-state index in [0.29, 0.717) is 13.0 Å². The molecule has 0 aliphatic carbocycles. The second-order valence-electron chi connectivity index (χ2n) is 5.41. The number of rotatable bonds is 6. The molecule has 0 atom stereocenters. The molecule has 0 aliphatic rings. The first-order valence-corrected chi connectivity index (χ1v) is 8.97. The first-order valence-electron chi connectivity index (χ1n) is 7.72. The van der Waals surface area contributed by atoms with Crippen molar-refractivity contribution in [1.29, 1.82) is 0 Å². The van der Waals surface area contributed by atoms with Crippen LogP contribution in [0.5, 0.6) is 0 Å². The fourth-order valence-corrected chi connectivity index (χ4v) is 3.28. The highest BCUT2D eigenvalue weighted by molar-refractivity contribution is 7.13. The molecule has 0 bridgehead atoms. The van der Waals surface area contributed by atoms with E-state index in [0.717, 1.165) is 33.3 Å². The Hall–Kier alpha value is -2.17. The van der Waals surface area contributed by atoms with Crippen LogP contribution in [-0.4, -0.2) is 17.4 Å². The van der Waals surface area contributed by atoms with E-state index in [-0.39, 0.29) is 5.91 Å². The first-order chi connectivity index (χ1) is 11.7. The van der Waals surface area contributed by atoms with E-state index in [1.807, 2.05) is 60.0 Å². The zero-order valence-electron chi connectivity index (χ0n) is 13.0. The molecular weight excluding hydrogens is 340 g/mol. The van der Waals surface area contributed by atoms with E-state index in [1.165, 1.54) is 0 Å². The standard InChI is InChI=1S/C19H17ClN2OS/c20-16-8-6-14(7-9-16)10-11-21-18(23)12-17-13-24-19(22-17)15-4-2-1-3-5-15/h1-9,13H,10-12H2,(H,21,23). The molecule has 1 N–H and O–H groups in total. The number of aromatic nitrogens is 1. The minimum atomic E-state index is -0.00567. The predicted molar refractivity (Wildman–Crippen MR) is 99.4 cm³/mol. The van der Waals surface area contributed by atoms with Crippen molar-refractivity contribution in [1.82, 2.24) is 10.3 Å². The number of halogens is 1. The highest BCUT2D eigenvalue weighted by Gasteiger charge is 2.08. The minimum absolute atomic E-state index is 0.00567. The minimum Gasteiger partial charge on any atom is -0.355 e. The Kier molecular flexibility index (Phi) is 5.62. The third-order valence-corrected chi connectivity index (χ3v) is 4.76. The first kappa shape index (κ1) is 16.7. The fraction of sp³-hybridized carbons (Fsp3) is 0.158. The van der Waals surface area contributed by atoms with Crippen molar-refractivity contribution < 1.29 is 4.79 Å². The normalized spacial score (nSPS) is 10.5. The lowest BCUT2D eigenvalue weighted by Gasteiger charge is -2.04. The van der Waals surface area contributed by atoms with E-state index in [1.54, 1.807) is 11.3 Å². The van der Waals surface area contributed by atoms with Crippen molar-refractivity contribution in [2.75, 3.05) is 6.54 Å². The van der Waals surface area contributed by atoms with Crippen LogP contribution in [0.4, 0.5) is 0 Å². The zero-order valence-corrected chi connectivity index (χ0v) is 14.6. The van der Waals surface area contributed by atoms with E-state index in [9.17, 15) is 4.79 Å². The number of hydrogen-bond acceptors (Lipinski definition) is 3. The summed E-state index contributed by atoms with van der Waals surface area (Å²) >= 11 is 7.42. The molecule has 2 aromatic carbocycles. The molecule has 24 heavy (non-hydrogen) atoms. The summed E-state index contributed by atoms with van der Waals surface area (Å²) in [5.74, 6) is -0.00567. The van der Waals surface area contributed by atoms with Gasteiger partial charge in [-0.15, -0.1) is 11.3 Å². The molecule has 0 saturated carbocycles. The Morgan fingerprint density at radius 2 is 1.83 bits per heavy atom. The van der Waals surface area contributed by atoms with Crippen molar-refractivity contribution in [2.45, 2.75) is 12.8 Å². The number of amides is 1. The lowest BCUT2D eigenvalue weighted by Crippen LogP contribution is -2.27. The number of hydrogen-bond donors (Lipinski definition) is 1. The maximum atomic E-state index is 12.0. The van der Waals surface area contributed by atoms with Crippen molar-refractivity contribution in [3.05, 3.63) is 76.3 Å². The number of carbonyl (C=O) groups excluding carboxylic acids is 1. The van der Waals surface area contributed by atoms with E-state index < -0.39 is 0 Å². The predicted octanol–water partition coefficient (Wildman–Crippen LogP) is 4.36. The summed E-state index contributed by atoms with van der Waals surface area (Å²) in [5, 5.41) is 6.55. The Morgan fingerprint density at radius 1 is 1.08 bits per heavy atom. The maximum Gasteiger partial charge on any atom is 0.226 e. The van der Waals surface area contributed by atoms with Crippen molar-refractivity contribution in [3.8, 4) is 10.6 Å². The van der Waals surface area contributed by atoms with Crippen LogP contribution in [0.15, 0.2) is 60.0 Å². The van der Waals surface area contributed by atoms with E-state index in [2.05, 4.69) is 10.3 Å². The molecule has 0 spiro atoms. The van der Waals surface area contributed by atoms with Crippen LogP contribution < -0.4 is 5.32 Å². The second-order valence-corrected chi connectivity index (χ2v) is 6.71. The van der Waals surface area contributed by atoms with Gasteiger partial charge < -0.3 is 5.32 Å². The number of thiazole rings is 1. The number of benzene rings is 2. The van der Waals surface area contributed by atoms with Gasteiger partial charge in [-0.2, -0.15) is 0 Å². The lowest BCUT2D eigenvalue weighted by molar-refractivity contribution is -0.120. The topological polar surface area (TPSA) is 42.0 Å². The summed E-state index contributed by atoms with van der Waals surface area (Å²) in [4.78, 5) is 16.6. The van der Waals surface area contributed by atoms with Crippen LogP contribution in [0.1, 0.15) is 11.3 Å². The van der Waals surface area contributed by atoms with Crippen LogP contribution in [0.25, 0.3) is 10.6 Å². The van der Waals surface area contributed by atoms with Gasteiger partial charge in [-0.25, -0.2) is 4.98 Å². The average molecular weight is 357 g/mol. The second kappa shape index (κ2) is 8.08. The van der Waals surface area contributed by atoms with Crippen LogP contribution in [-0.2, 0) is 17.6 Å². The molecule has 1 amide bonds. The van der Waals surface area contributed by atoms with Crippen molar-refractivity contribution >= 4 is 28.8 Å². The summed E-state index contributed by atoms with van der Waals surface area (Å²) < 4.78 is 0. The monoisotopic (exact) mass is 356 g/mol. The van der Waals surface area contributed by atoms with Crippen molar-refractivity contribution in [2.24, 2.45) is 0 Å². The highest BCUT2D eigenvalue weighted by Crippen LogP contribution is 2.23. The molecule has 3 aromatic rings. The molecule has 0 aliphatic heterocycles. The smallest absolute Gasteiger partial charge is 0.226 e. The molecule has 0 saturated heterocycles. The largest absolute Gasteiger partial charge is 0.355 e. The van der Waals surface area contributed by atoms with Crippen LogP contribution in [0.3, 0.4) is 0 Å². The van der Waals surface area contributed by atoms with Gasteiger partial charge in [0.05, 0.1) is 12.1 Å². The summed E-state index contributed by atoms with van der Waals surface area (Å²) in [6.07, 6.45) is 1.10. The Labute approximate surface area is 150 Å². The summed E-state index contributed by atoms with van der Waals surface area (Å²) in [7, 11) is 0. The third kappa shape index (κ3) is 4.66. The Morgan fingerprint density at radius 3 is 2.58 bits per heavy atom. The van der Waals surface area contributed by atoms with E-state index >= 15 is 0 Å². The van der Waals surface area contributed by atoms with Crippen molar-refractivity contribution in [3.63, 3.8) is 0 Å². The van der Waals surface area contributed by atoms with Gasteiger partial charge in [0.2, 0.25) is 5.91 Å². The van der Waals surface area contributed by atoms with Gasteiger partial charge in [-0.3, -0.25) is 4.79 Å². The van der Waals surface area contributed by atoms with Gasteiger partial charge in [0.1, 0.15) is 5.01 Å². The molecule has 0 fully saturated rings. The zero-order chi connectivity index (χ0) is 16.8. The molecule has 5 heteroatoms. The van der Waals surface area contributed by atoms with Gasteiger partial charge >= 0.3 is 0 Å². The van der Waals surface area contributed by atoms with Crippen LogP contribution in [0.2, 0.25) is 5.02 Å². The molecule has 1 heterocycles. The SMILES string of the molecule is O=C(Cc1csc(-c2ccccc2)n1)NCCc1ccc(Cl)cc1. The quantitative estimate of drug-likeness (QED) is 0.712. The van der Waals surface area contributed by atoms with Gasteiger partial charge in [0, 0.05) is 22.5 Å². The molecule has 3 nitrogen and oxygen atoms in total. The summed E-state index contributed by atoms with van der Waals surface area (Å²) in [5.41, 5.74) is 3.04. The fourth-order valence-electron chi connectivity index (χ4n) is 2.33. The molecule has 122 valence electrons. The van der Waals surface area contributed by atoms with Gasteiger partial charge in [0.15, 0.2) is 0 Å². The van der Waals surface area contributed by atoms with Crippen LogP contribution in [0, 0.1) is 0 Å². The average Bonchev–Trinajstić information content (AvgIpc) is 3.06. The van der Waals surface area contributed by atoms with Gasteiger partial charge in [-0.05, 0) is 24.1 Å². The summed E-state index contributed by atoms with van der Waals surface area (Å²) in [6.45, 7) is 0.607. The summed E-state index contributed by atoms with van der Waals surface area (Å²) in [6, 6.07) is 17.7. The highest BCUT2D eigenvalue weighted by atomic mass is 35.5. The number of nitrogens with zero attached hydrogens (tertiary/aromatic N) is 1. The van der Waals surface area contributed by atoms with Gasteiger partial charge in [0.25, 0.3) is 0 Å². The molecule has 0 radical (unpaired) electrons. The van der Waals surface area contributed by atoms with Gasteiger partial charge in [-0.1, -0.05) is 54.1 Å². The molecule has 1 aromatic heterocycles. The molecular formula is C19H17ClN2OS. The molecule has 3 rings (SSSR count). The Balaban J connectivity index is 1.48. The number of carbonyl (C=O) groups is 1. The third-order valence-electron chi connectivity index (χ3n) is 3.56.